The Labute approximate surface area is 147 Å². The molecule has 2 aromatic heterocycles. The number of Topliss-reactive ketones (excluding diaryl/α,β-unsaturated/α-hetero) is 1. The Kier molecular flexibility index (Phi) is 4.24. The van der Waals surface area contributed by atoms with Crippen LogP contribution in [0.2, 0.25) is 0 Å². The van der Waals surface area contributed by atoms with Crippen molar-refractivity contribution in [3.05, 3.63) is 57.7 Å². The lowest BCUT2D eigenvalue weighted by Gasteiger charge is -2.11. The molecule has 2 heterocycles. The molecular formula is C18H16N2O2S2. The maximum absolute atomic E-state index is 12.7. The summed E-state index contributed by atoms with van der Waals surface area (Å²) in [7, 11) is 0. The number of thiophene rings is 1. The van der Waals surface area contributed by atoms with E-state index in [0.717, 1.165) is 4.83 Å². The van der Waals surface area contributed by atoms with Crippen molar-refractivity contribution in [1.82, 2.24) is 9.55 Å². The van der Waals surface area contributed by atoms with Crippen molar-refractivity contribution >= 4 is 39.1 Å². The van der Waals surface area contributed by atoms with Gasteiger partial charge in [0.1, 0.15) is 4.83 Å². The van der Waals surface area contributed by atoms with Crippen LogP contribution in [0.15, 0.2) is 51.7 Å². The van der Waals surface area contributed by atoms with Gasteiger partial charge < -0.3 is 0 Å². The number of fused-ring (bicyclic) bond motifs is 1. The van der Waals surface area contributed by atoms with E-state index in [-0.39, 0.29) is 17.1 Å². The predicted molar refractivity (Wildman–Crippen MR) is 98.1 cm³/mol. The highest BCUT2D eigenvalue weighted by Gasteiger charge is 2.25. The highest BCUT2D eigenvalue weighted by atomic mass is 32.2. The summed E-state index contributed by atoms with van der Waals surface area (Å²) in [5.74, 6) is 0.918. The van der Waals surface area contributed by atoms with Crippen molar-refractivity contribution < 1.29 is 4.79 Å². The van der Waals surface area contributed by atoms with E-state index >= 15 is 0 Å². The van der Waals surface area contributed by atoms with Crippen LogP contribution in [0, 0.1) is 5.92 Å². The fourth-order valence-corrected chi connectivity index (χ4v) is 4.31. The lowest BCUT2D eigenvalue weighted by Crippen LogP contribution is -2.24. The van der Waals surface area contributed by atoms with Gasteiger partial charge in [-0.2, -0.15) is 0 Å². The molecular weight excluding hydrogens is 340 g/mol. The van der Waals surface area contributed by atoms with E-state index < -0.39 is 0 Å². The van der Waals surface area contributed by atoms with E-state index in [1.807, 2.05) is 41.8 Å². The third-order valence-corrected chi connectivity index (χ3v) is 5.90. The summed E-state index contributed by atoms with van der Waals surface area (Å²) in [6.45, 7) is 0.708. The predicted octanol–water partition coefficient (Wildman–Crippen LogP) is 3.84. The van der Waals surface area contributed by atoms with Crippen molar-refractivity contribution in [2.24, 2.45) is 5.92 Å². The summed E-state index contributed by atoms with van der Waals surface area (Å²) in [4.78, 5) is 30.4. The molecule has 6 heteroatoms. The molecule has 0 aliphatic heterocycles. The molecule has 0 atom stereocenters. The first-order valence-electron chi connectivity index (χ1n) is 7.91. The molecule has 0 spiro atoms. The molecule has 0 unspecified atom stereocenters. The summed E-state index contributed by atoms with van der Waals surface area (Å²) in [6.07, 6.45) is 2.34. The number of hydrogen-bond acceptors (Lipinski definition) is 5. The summed E-state index contributed by atoms with van der Waals surface area (Å²) >= 11 is 2.83. The van der Waals surface area contributed by atoms with Crippen molar-refractivity contribution in [2.45, 2.75) is 24.5 Å². The number of hydrogen-bond donors (Lipinski definition) is 0. The summed E-state index contributed by atoms with van der Waals surface area (Å²) in [6, 6.07) is 11.1. The normalized spacial score (nSPS) is 14.2. The molecule has 1 aliphatic carbocycles. The van der Waals surface area contributed by atoms with Gasteiger partial charge in [-0.15, -0.1) is 11.3 Å². The van der Waals surface area contributed by atoms with Crippen LogP contribution in [-0.2, 0) is 6.54 Å². The van der Waals surface area contributed by atoms with Gasteiger partial charge in [-0.3, -0.25) is 14.2 Å². The van der Waals surface area contributed by atoms with E-state index in [0.29, 0.717) is 28.6 Å². The molecule has 0 saturated heterocycles. The maximum atomic E-state index is 12.7. The van der Waals surface area contributed by atoms with Crippen LogP contribution in [0.3, 0.4) is 0 Å². The SMILES string of the molecule is O=C(CSc1nc2sccc2c(=O)n1CC1CC1)c1ccccc1. The van der Waals surface area contributed by atoms with Crippen molar-refractivity contribution in [2.75, 3.05) is 5.75 Å². The standard InChI is InChI=1S/C18H16N2O2S2/c21-15(13-4-2-1-3-5-13)11-24-18-19-16-14(8-9-23-16)17(22)20(18)10-12-6-7-12/h1-5,8-9,12H,6-7,10-11H2. The number of nitrogens with zero attached hydrogens (tertiary/aromatic N) is 2. The van der Waals surface area contributed by atoms with Crippen LogP contribution in [0.25, 0.3) is 10.2 Å². The number of rotatable bonds is 6. The van der Waals surface area contributed by atoms with Gasteiger partial charge in [-0.25, -0.2) is 4.98 Å². The summed E-state index contributed by atoms with van der Waals surface area (Å²) in [5.41, 5.74) is 0.709. The molecule has 3 aromatic rings. The highest BCUT2D eigenvalue weighted by Crippen LogP contribution is 2.32. The van der Waals surface area contributed by atoms with E-state index in [9.17, 15) is 9.59 Å². The molecule has 122 valence electrons. The van der Waals surface area contributed by atoms with Gasteiger partial charge in [0.2, 0.25) is 0 Å². The minimum absolute atomic E-state index is 0.0165. The molecule has 4 rings (SSSR count). The van der Waals surface area contributed by atoms with Crippen LogP contribution in [-0.4, -0.2) is 21.1 Å². The Bertz CT molecular complexity index is 943. The topological polar surface area (TPSA) is 52.0 Å². The zero-order chi connectivity index (χ0) is 16.5. The van der Waals surface area contributed by atoms with Crippen LogP contribution in [0.5, 0.6) is 0 Å². The Hall–Kier alpha value is -1.92. The quantitative estimate of drug-likeness (QED) is 0.382. The monoisotopic (exact) mass is 356 g/mol. The zero-order valence-corrected chi connectivity index (χ0v) is 14.6. The lowest BCUT2D eigenvalue weighted by molar-refractivity contribution is 0.102. The molecule has 0 N–H and O–H groups in total. The van der Waals surface area contributed by atoms with Gasteiger partial charge >= 0.3 is 0 Å². The summed E-state index contributed by atoms with van der Waals surface area (Å²) < 4.78 is 1.76. The van der Waals surface area contributed by atoms with Crippen LogP contribution >= 0.6 is 23.1 Å². The Morgan fingerprint density at radius 3 is 2.79 bits per heavy atom. The number of benzene rings is 1. The fraction of sp³-hybridized carbons (Fsp3) is 0.278. The number of carbonyl (C=O) groups is 1. The second-order valence-electron chi connectivity index (χ2n) is 5.97. The number of aromatic nitrogens is 2. The van der Waals surface area contributed by atoms with E-state index in [1.54, 1.807) is 4.57 Å². The molecule has 24 heavy (non-hydrogen) atoms. The molecule has 1 aromatic carbocycles. The van der Waals surface area contributed by atoms with Crippen LogP contribution in [0.4, 0.5) is 0 Å². The second kappa shape index (κ2) is 6.53. The molecule has 1 aliphatic rings. The Balaban J connectivity index is 1.62. The minimum Gasteiger partial charge on any atom is -0.293 e. The van der Waals surface area contributed by atoms with E-state index in [4.69, 9.17) is 0 Å². The molecule has 1 saturated carbocycles. The Morgan fingerprint density at radius 1 is 1.25 bits per heavy atom. The summed E-state index contributed by atoms with van der Waals surface area (Å²) in [5, 5.41) is 3.23. The van der Waals surface area contributed by atoms with Crippen molar-refractivity contribution in [3.8, 4) is 0 Å². The molecule has 0 radical (unpaired) electrons. The first kappa shape index (κ1) is 15.6. The van der Waals surface area contributed by atoms with Crippen LogP contribution in [0.1, 0.15) is 23.2 Å². The largest absolute Gasteiger partial charge is 0.293 e. The van der Waals surface area contributed by atoms with Gasteiger partial charge in [-0.05, 0) is 30.2 Å². The van der Waals surface area contributed by atoms with Crippen molar-refractivity contribution in [3.63, 3.8) is 0 Å². The average molecular weight is 356 g/mol. The van der Waals surface area contributed by atoms with Gasteiger partial charge in [-0.1, -0.05) is 42.1 Å². The van der Waals surface area contributed by atoms with Gasteiger partial charge in [0.15, 0.2) is 10.9 Å². The minimum atomic E-state index is 0.0165. The molecule has 0 bridgehead atoms. The first-order chi connectivity index (χ1) is 11.7. The van der Waals surface area contributed by atoms with Gasteiger partial charge in [0.05, 0.1) is 11.1 Å². The fourth-order valence-electron chi connectivity index (χ4n) is 2.60. The second-order valence-corrected chi connectivity index (χ2v) is 7.81. The third-order valence-electron chi connectivity index (χ3n) is 4.11. The van der Waals surface area contributed by atoms with Gasteiger partial charge in [0, 0.05) is 12.1 Å². The molecule has 0 amide bonds. The third kappa shape index (κ3) is 3.16. The average Bonchev–Trinajstić information content (AvgIpc) is 3.31. The molecule has 4 nitrogen and oxygen atoms in total. The lowest BCUT2D eigenvalue weighted by atomic mass is 10.2. The molecule has 1 fully saturated rings. The number of carbonyl (C=O) groups excluding carboxylic acids is 1. The number of thioether (sulfide) groups is 1. The van der Waals surface area contributed by atoms with Crippen LogP contribution < -0.4 is 5.56 Å². The van der Waals surface area contributed by atoms with E-state index in [2.05, 4.69) is 4.98 Å². The Morgan fingerprint density at radius 2 is 2.04 bits per heavy atom. The smallest absolute Gasteiger partial charge is 0.262 e. The first-order valence-corrected chi connectivity index (χ1v) is 9.78. The zero-order valence-electron chi connectivity index (χ0n) is 13.0. The van der Waals surface area contributed by atoms with E-state index in [1.165, 1.54) is 35.9 Å². The van der Waals surface area contributed by atoms with Gasteiger partial charge in [0.25, 0.3) is 5.56 Å². The van der Waals surface area contributed by atoms with Crippen molar-refractivity contribution in [1.29, 1.82) is 0 Å². The highest BCUT2D eigenvalue weighted by molar-refractivity contribution is 7.99. The maximum Gasteiger partial charge on any atom is 0.262 e. The number of ketones is 1.